The van der Waals surface area contributed by atoms with Gasteiger partial charge in [-0.3, -0.25) is 0 Å². The molecule has 3 heteroatoms. The van der Waals surface area contributed by atoms with Gasteiger partial charge < -0.3 is 9.84 Å². The standard InChI is InChI=1S/C22H17NO2/c1-25-22-13-16(11-12-21(22)24)20-14-18(15-7-3-2-4-8-15)17-9-5-6-10-19(17)23-20/h2-14,24H,1H3. The summed E-state index contributed by atoms with van der Waals surface area (Å²) in [5.41, 5.74) is 4.96. The Morgan fingerprint density at radius 3 is 2.36 bits per heavy atom. The molecule has 4 rings (SSSR count). The van der Waals surface area contributed by atoms with Crippen molar-refractivity contribution in [2.75, 3.05) is 7.11 Å². The summed E-state index contributed by atoms with van der Waals surface area (Å²) in [7, 11) is 1.54. The number of phenolic OH excluding ortho intramolecular Hbond substituents is 1. The van der Waals surface area contributed by atoms with Crippen LogP contribution < -0.4 is 4.74 Å². The third-order valence-corrected chi connectivity index (χ3v) is 4.28. The molecule has 1 N–H and O–H groups in total. The van der Waals surface area contributed by atoms with Crippen LogP contribution >= 0.6 is 0 Å². The average Bonchev–Trinajstić information content (AvgIpc) is 2.68. The number of hydrogen-bond acceptors (Lipinski definition) is 3. The van der Waals surface area contributed by atoms with Crippen LogP contribution in [-0.2, 0) is 0 Å². The number of pyridine rings is 1. The lowest BCUT2D eigenvalue weighted by molar-refractivity contribution is 0.373. The summed E-state index contributed by atoms with van der Waals surface area (Å²) >= 11 is 0. The summed E-state index contributed by atoms with van der Waals surface area (Å²) in [5.74, 6) is 0.559. The molecule has 0 aliphatic heterocycles. The number of rotatable bonds is 3. The van der Waals surface area contributed by atoms with Gasteiger partial charge in [0.25, 0.3) is 0 Å². The Labute approximate surface area is 146 Å². The second-order valence-corrected chi connectivity index (χ2v) is 5.82. The highest BCUT2D eigenvalue weighted by atomic mass is 16.5. The third-order valence-electron chi connectivity index (χ3n) is 4.28. The molecule has 0 amide bonds. The Hall–Kier alpha value is -3.33. The van der Waals surface area contributed by atoms with Gasteiger partial charge in [0.15, 0.2) is 11.5 Å². The Bertz CT molecular complexity index is 1040. The van der Waals surface area contributed by atoms with Crippen molar-refractivity contribution in [3.63, 3.8) is 0 Å². The van der Waals surface area contributed by atoms with Crippen LogP contribution in [-0.4, -0.2) is 17.2 Å². The third kappa shape index (κ3) is 2.81. The van der Waals surface area contributed by atoms with Gasteiger partial charge in [0.05, 0.1) is 18.3 Å². The van der Waals surface area contributed by atoms with Gasteiger partial charge in [0.2, 0.25) is 0 Å². The molecule has 0 unspecified atom stereocenters. The molecule has 1 aromatic heterocycles. The predicted octanol–water partition coefficient (Wildman–Crippen LogP) is 5.28. The first kappa shape index (κ1) is 15.2. The monoisotopic (exact) mass is 327 g/mol. The lowest BCUT2D eigenvalue weighted by Crippen LogP contribution is -1.91. The second kappa shape index (κ2) is 6.29. The number of hydrogen-bond donors (Lipinski definition) is 1. The lowest BCUT2D eigenvalue weighted by Gasteiger charge is -2.11. The maximum Gasteiger partial charge on any atom is 0.161 e. The molecule has 3 nitrogen and oxygen atoms in total. The molecule has 0 aliphatic carbocycles. The van der Waals surface area contributed by atoms with E-state index in [4.69, 9.17) is 9.72 Å². The fourth-order valence-electron chi connectivity index (χ4n) is 3.02. The Kier molecular flexibility index (Phi) is 3.82. The molecular weight excluding hydrogens is 310 g/mol. The van der Waals surface area contributed by atoms with E-state index in [1.807, 2.05) is 42.5 Å². The van der Waals surface area contributed by atoms with E-state index >= 15 is 0 Å². The van der Waals surface area contributed by atoms with Gasteiger partial charge >= 0.3 is 0 Å². The zero-order chi connectivity index (χ0) is 17.2. The second-order valence-electron chi connectivity index (χ2n) is 5.82. The van der Waals surface area contributed by atoms with Crippen molar-refractivity contribution in [2.45, 2.75) is 0 Å². The normalized spacial score (nSPS) is 10.8. The van der Waals surface area contributed by atoms with Gasteiger partial charge in [0.1, 0.15) is 0 Å². The molecule has 1 heterocycles. The zero-order valence-electron chi connectivity index (χ0n) is 13.8. The van der Waals surface area contributed by atoms with Crippen LogP contribution in [0.3, 0.4) is 0 Å². The minimum Gasteiger partial charge on any atom is -0.504 e. The van der Waals surface area contributed by atoms with Crippen molar-refractivity contribution in [1.29, 1.82) is 0 Å². The first-order valence-corrected chi connectivity index (χ1v) is 8.09. The molecule has 4 aromatic rings. The van der Waals surface area contributed by atoms with Crippen molar-refractivity contribution in [3.8, 4) is 33.9 Å². The average molecular weight is 327 g/mol. The molecule has 0 atom stereocenters. The summed E-state index contributed by atoms with van der Waals surface area (Å²) < 4.78 is 5.23. The quantitative estimate of drug-likeness (QED) is 0.556. The van der Waals surface area contributed by atoms with Crippen LogP contribution in [0.2, 0.25) is 0 Å². The molecule has 25 heavy (non-hydrogen) atoms. The highest BCUT2D eigenvalue weighted by Gasteiger charge is 2.11. The van der Waals surface area contributed by atoms with Gasteiger partial charge in [-0.15, -0.1) is 0 Å². The van der Waals surface area contributed by atoms with E-state index in [1.54, 1.807) is 19.2 Å². The molecule has 0 saturated carbocycles. The SMILES string of the molecule is COc1cc(-c2cc(-c3ccccc3)c3ccccc3n2)ccc1O. The van der Waals surface area contributed by atoms with E-state index in [-0.39, 0.29) is 5.75 Å². The van der Waals surface area contributed by atoms with Crippen LogP contribution in [0.15, 0.2) is 78.9 Å². The fourth-order valence-corrected chi connectivity index (χ4v) is 3.02. The summed E-state index contributed by atoms with van der Waals surface area (Å²) in [4.78, 5) is 4.80. The largest absolute Gasteiger partial charge is 0.504 e. The van der Waals surface area contributed by atoms with Crippen molar-refractivity contribution in [3.05, 3.63) is 78.9 Å². The van der Waals surface area contributed by atoms with Gasteiger partial charge in [-0.1, -0.05) is 48.5 Å². The van der Waals surface area contributed by atoms with Crippen LogP contribution in [0.4, 0.5) is 0 Å². The van der Waals surface area contributed by atoms with Crippen LogP contribution in [0, 0.1) is 0 Å². The Morgan fingerprint density at radius 2 is 1.56 bits per heavy atom. The number of phenols is 1. The van der Waals surface area contributed by atoms with E-state index in [0.29, 0.717) is 5.75 Å². The summed E-state index contributed by atoms with van der Waals surface area (Å²) in [5, 5.41) is 11.0. The van der Waals surface area contributed by atoms with Crippen molar-refractivity contribution in [2.24, 2.45) is 0 Å². The van der Waals surface area contributed by atoms with Gasteiger partial charge in [-0.25, -0.2) is 4.98 Å². The van der Waals surface area contributed by atoms with Gasteiger partial charge in [-0.2, -0.15) is 0 Å². The van der Waals surface area contributed by atoms with Crippen LogP contribution in [0.1, 0.15) is 0 Å². The maximum absolute atomic E-state index is 9.84. The van der Waals surface area contributed by atoms with Crippen LogP contribution in [0.25, 0.3) is 33.3 Å². The van der Waals surface area contributed by atoms with E-state index in [9.17, 15) is 5.11 Å². The number of ether oxygens (including phenoxy) is 1. The topological polar surface area (TPSA) is 42.4 Å². The van der Waals surface area contributed by atoms with Crippen molar-refractivity contribution < 1.29 is 9.84 Å². The molecule has 122 valence electrons. The molecule has 0 spiro atoms. The first-order valence-electron chi connectivity index (χ1n) is 8.09. The zero-order valence-corrected chi connectivity index (χ0v) is 13.8. The molecule has 0 bridgehead atoms. The van der Waals surface area contributed by atoms with Crippen molar-refractivity contribution >= 4 is 10.9 Å². The minimum atomic E-state index is 0.121. The van der Waals surface area contributed by atoms with E-state index in [0.717, 1.165) is 33.3 Å². The van der Waals surface area contributed by atoms with E-state index in [2.05, 4.69) is 24.3 Å². The summed E-state index contributed by atoms with van der Waals surface area (Å²) in [6.07, 6.45) is 0. The number of benzene rings is 3. The summed E-state index contributed by atoms with van der Waals surface area (Å²) in [6.45, 7) is 0. The molecule has 0 saturated heterocycles. The van der Waals surface area contributed by atoms with Gasteiger partial charge in [0, 0.05) is 10.9 Å². The number of fused-ring (bicyclic) bond motifs is 1. The minimum absolute atomic E-state index is 0.121. The molecule has 3 aromatic carbocycles. The molecule has 0 fully saturated rings. The molecule has 0 radical (unpaired) electrons. The first-order chi connectivity index (χ1) is 12.3. The number of methoxy groups -OCH3 is 1. The summed E-state index contributed by atoms with van der Waals surface area (Å²) in [6, 6.07) is 25.8. The Morgan fingerprint density at radius 1 is 0.800 bits per heavy atom. The maximum atomic E-state index is 9.84. The highest BCUT2D eigenvalue weighted by Crippen LogP contribution is 2.35. The Balaban J connectivity index is 1.97. The number of aromatic hydroxyl groups is 1. The smallest absolute Gasteiger partial charge is 0.161 e. The van der Waals surface area contributed by atoms with E-state index < -0.39 is 0 Å². The molecule has 0 aliphatic rings. The number of aromatic nitrogens is 1. The van der Waals surface area contributed by atoms with Crippen LogP contribution in [0.5, 0.6) is 11.5 Å². The highest BCUT2D eigenvalue weighted by molar-refractivity contribution is 5.96. The molecular formula is C22H17NO2. The fraction of sp³-hybridized carbons (Fsp3) is 0.0455. The van der Waals surface area contributed by atoms with Gasteiger partial charge in [-0.05, 0) is 41.5 Å². The number of para-hydroxylation sites is 1. The van der Waals surface area contributed by atoms with Crippen molar-refractivity contribution in [1.82, 2.24) is 4.98 Å². The predicted molar refractivity (Wildman–Crippen MR) is 101 cm³/mol. The number of nitrogens with zero attached hydrogens (tertiary/aromatic N) is 1. The van der Waals surface area contributed by atoms with E-state index in [1.165, 1.54) is 0 Å². The lowest BCUT2D eigenvalue weighted by atomic mass is 9.98.